The number of hydrogen-bond donors (Lipinski definition) is 0. The molecule has 5 heteroatoms. The van der Waals surface area contributed by atoms with Crippen molar-refractivity contribution in [1.82, 2.24) is 0 Å². The van der Waals surface area contributed by atoms with Crippen molar-refractivity contribution < 1.29 is 51.0 Å². The number of halogens is 2. The summed E-state index contributed by atoms with van der Waals surface area (Å²) in [6.07, 6.45) is 3.58. The fraction of sp³-hybridized carbons (Fsp3) is 0.263. The van der Waals surface area contributed by atoms with Gasteiger partial charge in [0.1, 0.15) is 0 Å². The summed E-state index contributed by atoms with van der Waals surface area (Å²) in [5, 5.41) is 0. The molecule has 2 aromatic rings. The summed E-state index contributed by atoms with van der Waals surface area (Å²) in [4.78, 5) is 0. The molecule has 0 radical (unpaired) electrons. The molecule has 1 aliphatic carbocycles. The molecule has 0 spiro atoms. The van der Waals surface area contributed by atoms with Gasteiger partial charge in [-0.05, 0) is 0 Å². The van der Waals surface area contributed by atoms with E-state index in [2.05, 4.69) is 74.6 Å². The van der Waals surface area contributed by atoms with Crippen LogP contribution in [0.1, 0.15) is 28.1 Å². The predicted molar refractivity (Wildman–Crippen MR) is 92.8 cm³/mol. The van der Waals surface area contributed by atoms with Crippen molar-refractivity contribution in [3.63, 3.8) is 0 Å². The average Bonchev–Trinajstić information content (AvgIpc) is 2.91. The fourth-order valence-corrected chi connectivity index (χ4v) is 8.41. The van der Waals surface area contributed by atoms with Crippen LogP contribution in [-0.2, 0) is 26.2 Å². The van der Waals surface area contributed by atoms with Gasteiger partial charge in [-0.2, -0.15) is 0 Å². The van der Waals surface area contributed by atoms with Crippen LogP contribution in [0.25, 0.3) is 17.2 Å². The third kappa shape index (κ3) is 4.71. The van der Waals surface area contributed by atoms with Gasteiger partial charge in [-0.15, -0.1) is 0 Å². The molecule has 0 saturated carbocycles. The Morgan fingerprint density at radius 2 is 1.71 bits per heavy atom. The molecule has 3 rings (SSSR count). The van der Waals surface area contributed by atoms with Crippen LogP contribution in [0.4, 0.5) is 0 Å². The van der Waals surface area contributed by atoms with Crippen LogP contribution in [0.5, 0.6) is 0 Å². The Morgan fingerprint density at radius 3 is 2.33 bits per heavy atom. The van der Waals surface area contributed by atoms with Crippen molar-refractivity contribution in [2.24, 2.45) is 0 Å². The minimum Gasteiger partial charge on any atom is -1.00 e. The normalized spacial score (nSPS) is 15.0. The summed E-state index contributed by atoms with van der Waals surface area (Å²) >= 11 is -0.836. The molecule has 1 atom stereocenters. The van der Waals surface area contributed by atoms with Gasteiger partial charge in [-0.25, -0.2) is 0 Å². The van der Waals surface area contributed by atoms with E-state index in [-0.39, 0.29) is 24.8 Å². The molecule has 0 saturated heterocycles. The number of rotatable bonds is 5. The van der Waals surface area contributed by atoms with Crippen molar-refractivity contribution in [3.8, 4) is 11.1 Å². The molecular weight excluding hydrogens is 434 g/mol. The van der Waals surface area contributed by atoms with Gasteiger partial charge in [-0.3, -0.25) is 0 Å². The molecule has 0 heterocycles. The second-order valence-electron chi connectivity index (χ2n) is 5.96. The molecule has 24 heavy (non-hydrogen) atoms. The minimum absolute atomic E-state index is 0. The zero-order valence-electron chi connectivity index (χ0n) is 14.2. The predicted octanol–water partition coefficient (Wildman–Crippen LogP) is -0.793. The summed E-state index contributed by atoms with van der Waals surface area (Å²) in [7, 11) is -0.903. The molecule has 1 nitrogen and oxygen atoms in total. The van der Waals surface area contributed by atoms with Gasteiger partial charge in [0.15, 0.2) is 0 Å². The first kappa shape index (κ1) is 21.9. The largest absolute Gasteiger partial charge is 1.00 e. The Morgan fingerprint density at radius 1 is 1.00 bits per heavy atom. The van der Waals surface area contributed by atoms with E-state index < -0.39 is 32.7 Å². The summed E-state index contributed by atoms with van der Waals surface area (Å²) in [6, 6.07) is 17.5. The van der Waals surface area contributed by atoms with E-state index in [0.29, 0.717) is 3.63 Å². The van der Waals surface area contributed by atoms with Crippen LogP contribution in [0.3, 0.4) is 0 Å². The maximum Gasteiger partial charge on any atom is -1.00 e. The van der Waals surface area contributed by atoms with Crippen LogP contribution in [0, 0.1) is 0 Å². The van der Waals surface area contributed by atoms with Gasteiger partial charge in [0, 0.05) is 0 Å². The average molecular weight is 457 g/mol. The molecule has 2 aromatic carbocycles. The molecule has 0 bridgehead atoms. The Hall–Kier alpha value is -0.180. The van der Waals surface area contributed by atoms with E-state index >= 15 is 0 Å². The van der Waals surface area contributed by atoms with Gasteiger partial charge < -0.3 is 24.8 Å². The zero-order chi connectivity index (χ0) is 15.5. The Kier molecular flexibility index (Phi) is 9.19. The van der Waals surface area contributed by atoms with Gasteiger partial charge in [-0.1, -0.05) is 0 Å². The van der Waals surface area contributed by atoms with Crippen LogP contribution in [-0.4, -0.2) is 9.04 Å². The van der Waals surface area contributed by atoms with E-state index in [0.717, 1.165) is 6.42 Å². The first-order valence-electron chi connectivity index (χ1n) is 8.00. The molecule has 0 N–H and O–H groups in total. The quantitative estimate of drug-likeness (QED) is 0.536. The second-order valence-corrected chi connectivity index (χ2v) is 12.0. The maximum atomic E-state index is 6.23. The van der Waals surface area contributed by atoms with E-state index in [1.807, 2.05) is 0 Å². The maximum absolute atomic E-state index is 6.23. The van der Waals surface area contributed by atoms with Crippen molar-refractivity contribution in [1.29, 1.82) is 0 Å². The Labute approximate surface area is 171 Å². The van der Waals surface area contributed by atoms with E-state index in [4.69, 9.17) is 2.50 Å². The van der Waals surface area contributed by atoms with Gasteiger partial charge in [0.25, 0.3) is 0 Å². The second kappa shape index (κ2) is 10.1. The zero-order valence-corrected chi connectivity index (χ0v) is 19.3. The summed E-state index contributed by atoms with van der Waals surface area (Å²) in [6.45, 7) is 6.85. The van der Waals surface area contributed by atoms with Crippen LogP contribution >= 0.6 is 0 Å². The van der Waals surface area contributed by atoms with Crippen LogP contribution < -0.4 is 24.8 Å². The molecule has 0 amide bonds. The van der Waals surface area contributed by atoms with Crippen LogP contribution in [0.15, 0.2) is 54.1 Å². The van der Waals surface area contributed by atoms with Crippen molar-refractivity contribution in [2.45, 2.75) is 30.1 Å². The first-order valence-corrected chi connectivity index (χ1v) is 13.2. The van der Waals surface area contributed by atoms with E-state index in [1.54, 1.807) is 5.57 Å². The molecule has 1 aliphatic rings. The molecular formula is C19H22Cl2OSiZr. The number of hydrogen-bond acceptors (Lipinski definition) is 1. The topological polar surface area (TPSA) is 9.23 Å². The minimum atomic E-state index is -0.903. The molecule has 126 valence electrons. The van der Waals surface area contributed by atoms with Gasteiger partial charge in [0.05, 0.1) is 0 Å². The van der Waals surface area contributed by atoms with Crippen LogP contribution in [0.2, 0.25) is 13.1 Å². The Balaban J connectivity index is 0.00000144. The first-order chi connectivity index (χ1) is 10.7. The number of allylic oxidation sites excluding steroid dienone is 1. The third-order valence-corrected chi connectivity index (χ3v) is 11.4. The fourth-order valence-electron chi connectivity index (χ4n) is 2.98. The van der Waals surface area contributed by atoms with Gasteiger partial charge in [0.2, 0.25) is 0 Å². The standard InChI is InChI=1S/C17H15.C2H7OSi.2ClH.Zr/c1-2-13-11-15-9-6-10-16(17(15)12-13)14-7-4-3-5-8-14;1-4(2)3;;;/h3-12H,2H2,1H3;4H,1-2H3;2*1H;/q;-1;;;+3/p-2. The molecule has 0 aliphatic heterocycles. The van der Waals surface area contributed by atoms with Crippen molar-refractivity contribution in [2.75, 3.05) is 0 Å². The van der Waals surface area contributed by atoms with E-state index in [9.17, 15) is 0 Å². The Bertz CT molecular complexity index is 689. The SMILES string of the molecule is CCC1=Cc2c(-c3ccccc3)cccc2[CH]1[Zr+2][O][SiH](C)C.[Cl-].[Cl-]. The van der Waals surface area contributed by atoms with Crippen molar-refractivity contribution >= 4 is 15.1 Å². The van der Waals surface area contributed by atoms with Crippen molar-refractivity contribution in [3.05, 3.63) is 65.2 Å². The molecule has 0 fully saturated rings. The van der Waals surface area contributed by atoms with E-state index in [1.165, 1.54) is 22.3 Å². The molecule has 1 unspecified atom stereocenters. The number of benzene rings is 2. The smallest absolute Gasteiger partial charge is 1.00 e. The van der Waals surface area contributed by atoms with Gasteiger partial charge >= 0.3 is 148 Å². The monoisotopic (exact) mass is 454 g/mol. The third-order valence-electron chi connectivity index (χ3n) is 4.07. The summed E-state index contributed by atoms with van der Waals surface area (Å²) in [5.74, 6) is 0. The molecule has 0 aromatic heterocycles. The summed E-state index contributed by atoms with van der Waals surface area (Å²) < 4.78 is 6.84. The summed E-state index contributed by atoms with van der Waals surface area (Å²) in [5.41, 5.74) is 7.22. The number of fused-ring (bicyclic) bond motifs is 1.